The van der Waals surface area contributed by atoms with E-state index < -0.39 is 9.85 Å². The number of anilines is 1. The lowest BCUT2D eigenvalue weighted by Gasteiger charge is -2.07. The van der Waals surface area contributed by atoms with E-state index in [9.17, 15) is 20.2 Å². The number of likely N-dealkylation sites (N-methyl/N-ethyl adjacent to an activating group) is 1. The van der Waals surface area contributed by atoms with Crippen molar-refractivity contribution in [2.24, 2.45) is 0 Å². The Balaban J connectivity index is 2.83. The Kier molecular flexibility index (Phi) is 5.00. The van der Waals surface area contributed by atoms with Crippen molar-refractivity contribution in [1.82, 2.24) is 5.32 Å². The summed E-state index contributed by atoms with van der Waals surface area (Å²) < 4.78 is 0. The van der Waals surface area contributed by atoms with Crippen LogP contribution in [0.15, 0.2) is 18.2 Å². The van der Waals surface area contributed by atoms with Gasteiger partial charge in [0.2, 0.25) is 0 Å². The molecule has 1 aromatic carbocycles. The number of nitro groups is 2. The summed E-state index contributed by atoms with van der Waals surface area (Å²) in [6.07, 6.45) is 0. The summed E-state index contributed by atoms with van der Waals surface area (Å²) in [4.78, 5) is 20.1. The van der Waals surface area contributed by atoms with E-state index in [4.69, 9.17) is 0 Å². The largest absolute Gasteiger partial charge is 0.378 e. The average molecular weight is 254 g/mol. The van der Waals surface area contributed by atoms with E-state index >= 15 is 0 Å². The van der Waals surface area contributed by atoms with E-state index in [0.29, 0.717) is 13.1 Å². The van der Waals surface area contributed by atoms with Crippen LogP contribution >= 0.6 is 0 Å². The lowest BCUT2D eigenvalue weighted by Crippen LogP contribution is -2.21. The summed E-state index contributed by atoms with van der Waals surface area (Å²) in [5.74, 6) is 0. The molecule has 18 heavy (non-hydrogen) atoms. The predicted octanol–water partition coefficient (Wildman–Crippen LogP) is 1.52. The Morgan fingerprint density at radius 1 is 1.17 bits per heavy atom. The van der Waals surface area contributed by atoms with Crippen molar-refractivity contribution >= 4 is 17.1 Å². The first kappa shape index (κ1) is 13.8. The molecule has 0 aromatic heterocycles. The highest BCUT2D eigenvalue weighted by Gasteiger charge is 2.18. The first-order valence-corrected chi connectivity index (χ1v) is 5.43. The summed E-state index contributed by atoms with van der Waals surface area (Å²) in [6.45, 7) is 3.93. The smallest absolute Gasteiger partial charge is 0.299 e. The molecule has 98 valence electrons. The maximum atomic E-state index is 10.8. The van der Waals surface area contributed by atoms with Crippen LogP contribution in [0.25, 0.3) is 0 Å². The van der Waals surface area contributed by atoms with Gasteiger partial charge in [-0.25, -0.2) is 0 Å². The molecule has 8 heteroatoms. The molecule has 0 amide bonds. The maximum absolute atomic E-state index is 10.8. The van der Waals surface area contributed by atoms with Crippen LogP contribution in [0, 0.1) is 20.2 Å². The van der Waals surface area contributed by atoms with Crippen LogP contribution in [-0.2, 0) is 0 Å². The Morgan fingerprint density at radius 3 is 2.44 bits per heavy atom. The maximum Gasteiger partial charge on any atom is 0.299 e. The third kappa shape index (κ3) is 3.67. The molecule has 0 aliphatic rings. The van der Waals surface area contributed by atoms with Gasteiger partial charge in [0, 0.05) is 19.2 Å². The number of nitro benzene ring substituents is 2. The Morgan fingerprint density at radius 2 is 1.89 bits per heavy atom. The minimum absolute atomic E-state index is 0.281. The molecule has 0 aliphatic carbocycles. The molecule has 0 atom stereocenters. The molecule has 0 fully saturated rings. The second kappa shape index (κ2) is 6.50. The van der Waals surface area contributed by atoms with Crippen LogP contribution < -0.4 is 10.6 Å². The average Bonchev–Trinajstić information content (AvgIpc) is 2.34. The van der Waals surface area contributed by atoms with Gasteiger partial charge in [-0.3, -0.25) is 20.2 Å². The number of hydrogen-bond acceptors (Lipinski definition) is 6. The quantitative estimate of drug-likeness (QED) is 0.433. The van der Waals surface area contributed by atoms with Crippen molar-refractivity contribution in [3.8, 4) is 0 Å². The SMILES string of the molecule is CCNCCNc1ccc([N+](=O)[O-])cc1[N+](=O)[O-]. The lowest BCUT2D eigenvalue weighted by atomic mass is 10.2. The minimum Gasteiger partial charge on any atom is -0.378 e. The van der Waals surface area contributed by atoms with Gasteiger partial charge in [-0.05, 0) is 12.6 Å². The molecule has 2 N–H and O–H groups in total. The standard InChI is InChI=1S/C10H14N4O4/c1-2-11-5-6-12-9-4-3-8(13(15)16)7-10(9)14(17)18/h3-4,7,11-12H,2,5-6H2,1H3. The summed E-state index contributed by atoms with van der Waals surface area (Å²) in [5, 5.41) is 27.3. The zero-order valence-electron chi connectivity index (χ0n) is 9.88. The first-order chi connectivity index (χ1) is 8.56. The molecule has 0 saturated carbocycles. The van der Waals surface area contributed by atoms with E-state index in [2.05, 4.69) is 10.6 Å². The van der Waals surface area contributed by atoms with Crippen molar-refractivity contribution in [3.63, 3.8) is 0 Å². The molecule has 0 unspecified atom stereocenters. The molecule has 0 spiro atoms. The monoisotopic (exact) mass is 254 g/mol. The van der Waals surface area contributed by atoms with Crippen LogP contribution in [0.3, 0.4) is 0 Å². The topological polar surface area (TPSA) is 110 Å². The summed E-state index contributed by atoms with van der Waals surface area (Å²) >= 11 is 0. The van der Waals surface area contributed by atoms with Crippen LogP contribution in [0.5, 0.6) is 0 Å². The second-order valence-electron chi connectivity index (χ2n) is 3.50. The fraction of sp³-hybridized carbons (Fsp3) is 0.400. The fourth-order valence-electron chi connectivity index (χ4n) is 1.40. The number of non-ortho nitro benzene ring substituents is 1. The van der Waals surface area contributed by atoms with Crippen LogP contribution in [0.2, 0.25) is 0 Å². The molecule has 0 radical (unpaired) electrons. The lowest BCUT2D eigenvalue weighted by molar-refractivity contribution is -0.393. The van der Waals surface area contributed by atoms with E-state index in [0.717, 1.165) is 12.6 Å². The fourth-order valence-corrected chi connectivity index (χ4v) is 1.40. The molecule has 0 saturated heterocycles. The van der Waals surface area contributed by atoms with Crippen molar-refractivity contribution in [2.45, 2.75) is 6.92 Å². The van der Waals surface area contributed by atoms with Crippen LogP contribution in [0.1, 0.15) is 6.92 Å². The third-order valence-corrected chi connectivity index (χ3v) is 2.26. The second-order valence-corrected chi connectivity index (χ2v) is 3.50. The molecule has 1 aromatic rings. The highest BCUT2D eigenvalue weighted by atomic mass is 16.6. The van der Waals surface area contributed by atoms with Gasteiger partial charge < -0.3 is 10.6 Å². The van der Waals surface area contributed by atoms with E-state index in [1.807, 2.05) is 6.92 Å². The van der Waals surface area contributed by atoms with Crippen molar-refractivity contribution in [3.05, 3.63) is 38.4 Å². The van der Waals surface area contributed by atoms with Gasteiger partial charge in [0.25, 0.3) is 11.4 Å². The van der Waals surface area contributed by atoms with Gasteiger partial charge in [0.05, 0.1) is 15.9 Å². The molecular weight excluding hydrogens is 240 g/mol. The van der Waals surface area contributed by atoms with Crippen molar-refractivity contribution < 1.29 is 9.85 Å². The molecule has 0 aliphatic heterocycles. The first-order valence-electron chi connectivity index (χ1n) is 5.43. The Labute approximate surface area is 103 Å². The number of benzene rings is 1. The summed E-state index contributed by atoms with van der Waals surface area (Å²) in [5.41, 5.74) is -0.303. The molecule has 1 rings (SSSR count). The Bertz CT molecular complexity index is 450. The molecule has 8 nitrogen and oxygen atoms in total. The van der Waals surface area contributed by atoms with Crippen molar-refractivity contribution in [2.75, 3.05) is 25.0 Å². The molecule has 0 heterocycles. The number of nitrogens with zero attached hydrogens (tertiary/aromatic N) is 2. The Hall–Kier alpha value is -2.22. The van der Waals surface area contributed by atoms with Gasteiger partial charge in [-0.15, -0.1) is 0 Å². The highest BCUT2D eigenvalue weighted by Crippen LogP contribution is 2.28. The summed E-state index contributed by atoms with van der Waals surface area (Å²) in [6, 6.07) is 3.54. The van der Waals surface area contributed by atoms with Gasteiger partial charge in [0.1, 0.15) is 5.69 Å². The van der Waals surface area contributed by atoms with Gasteiger partial charge >= 0.3 is 0 Å². The van der Waals surface area contributed by atoms with Gasteiger partial charge in [-0.2, -0.15) is 0 Å². The molecule has 0 bridgehead atoms. The molecular formula is C10H14N4O4. The normalized spacial score (nSPS) is 10.1. The third-order valence-electron chi connectivity index (χ3n) is 2.26. The number of hydrogen-bond donors (Lipinski definition) is 2. The van der Waals surface area contributed by atoms with Crippen LogP contribution in [-0.4, -0.2) is 29.5 Å². The highest BCUT2D eigenvalue weighted by molar-refractivity contribution is 5.65. The van der Waals surface area contributed by atoms with Gasteiger partial charge in [0.15, 0.2) is 0 Å². The zero-order valence-corrected chi connectivity index (χ0v) is 9.88. The number of rotatable bonds is 7. The van der Waals surface area contributed by atoms with Crippen LogP contribution in [0.4, 0.5) is 17.1 Å². The predicted molar refractivity (Wildman–Crippen MR) is 66.8 cm³/mol. The zero-order chi connectivity index (χ0) is 13.5. The number of nitrogens with one attached hydrogen (secondary N) is 2. The minimum atomic E-state index is -0.657. The summed E-state index contributed by atoms with van der Waals surface area (Å²) in [7, 11) is 0. The van der Waals surface area contributed by atoms with E-state index in [1.54, 1.807) is 0 Å². The van der Waals surface area contributed by atoms with E-state index in [-0.39, 0.29) is 17.1 Å². The van der Waals surface area contributed by atoms with E-state index in [1.165, 1.54) is 12.1 Å². The van der Waals surface area contributed by atoms with Gasteiger partial charge in [-0.1, -0.05) is 6.92 Å². The van der Waals surface area contributed by atoms with Crippen molar-refractivity contribution in [1.29, 1.82) is 0 Å².